The van der Waals surface area contributed by atoms with Crippen LogP contribution in [0.3, 0.4) is 0 Å². The molecule has 2 unspecified atom stereocenters. The first-order chi connectivity index (χ1) is 34.1. The van der Waals surface area contributed by atoms with E-state index in [0.717, 1.165) is 112 Å². The van der Waals surface area contributed by atoms with Crippen LogP contribution in [-0.2, 0) is 20.1 Å². The van der Waals surface area contributed by atoms with Crippen LogP contribution in [0.25, 0.3) is 101 Å². The third-order valence-corrected chi connectivity index (χ3v) is 15.2. The topological polar surface area (TPSA) is 38.7 Å². The molecule has 4 bridgehead atoms. The van der Waals surface area contributed by atoms with Gasteiger partial charge in [0.05, 0.1) is 0 Å². The van der Waals surface area contributed by atoms with Gasteiger partial charge in [-0.25, -0.2) is 0 Å². The Hall–Kier alpha value is -7.36. The van der Waals surface area contributed by atoms with E-state index in [-0.39, 0.29) is 20.1 Å². The van der Waals surface area contributed by atoms with E-state index in [0.29, 0.717) is 11.8 Å². The van der Waals surface area contributed by atoms with Gasteiger partial charge in [-0.3, -0.25) is 0 Å². The van der Waals surface area contributed by atoms with Gasteiger partial charge in [-0.2, -0.15) is 0 Å². The molecule has 3 aromatic heterocycles. The predicted molar refractivity (Wildman–Crippen MR) is 281 cm³/mol. The quantitative estimate of drug-likeness (QED) is 0.135. The second-order valence-electron chi connectivity index (χ2n) is 19.3. The number of hydrogen-bond donors (Lipinski definition) is 0. The second-order valence-corrected chi connectivity index (χ2v) is 19.3. The molecule has 0 amide bonds. The summed E-state index contributed by atoms with van der Waals surface area (Å²) in [6.07, 6.45) is 12.9. The van der Waals surface area contributed by atoms with Crippen molar-refractivity contribution in [2.75, 3.05) is 0 Å². The molecule has 0 aliphatic heterocycles. The summed E-state index contributed by atoms with van der Waals surface area (Å²) in [5.41, 5.74) is 22.3. The summed E-state index contributed by atoms with van der Waals surface area (Å²) < 4.78 is 0. The van der Waals surface area contributed by atoms with Crippen molar-refractivity contribution in [3.8, 4) is 101 Å². The van der Waals surface area contributed by atoms with Gasteiger partial charge in [0.15, 0.2) is 0 Å². The number of benzene rings is 7. The van der Waals surface area contributed by atoms with Gasteiger partial charge in [0.1, 0.15) is 0 Å². The zero-order chi connectivity index (χ0) is 45.7. The van der Waals surface area contributed by atoms with Crippen LogP contribution >= 0.6 is 0 Å². The molecule has 0 radical (unpaired) electrons. The molecule has 3 nitrogen and oxygen atoms in total. The number of aromatic nitrogens is 3. The van der Waals surface area contributed by atoms with Crippen LogP contribution in [0.15, 0.2) is 207 Å². The fraction of sp³-hybridized carbons (Fsp3) is 0.136. The molecule has 2 atom stereocenters. The number of pyridine rings is 3. The first-order valence-electron chi connectivity index (χ1n) is 24.5. The fourth-order valence-electron chi connectivity index (χ4n) is 12.0. The molecule has 2 fully saturated rings. The minimum absolute atomic E-state index is 0. The Morgan fingerprint density at radius 1 is 0.329 bits per heavy atom. The molecule has 4 aliphatic rings. The van der Waals surface area contributed by atoms with Crippen LogP contribution in [0.2, 0.25) is 0 Å². The minimum atomic E-state index is 0. The van der Waals surface area contributed by atoms with Crippen LogP contribution in [0.1, 0.15) is 55.1 Å². The first kappa shape index (κ1) is 43.9. The van der Waals surface area contributed by atoms with Gasteiger partial charge in [0.2, 0.25) is 0 Å². The van der Waals surface area contributed by atoms with Crippen molar-refractivity contribution in [1.82, 2.24) is 15.0 Å². The Labute approximate surface area is 424 Å². The van der Waals surface area contributed by atoms with Crippen molar-refractivity contribution in [1.29, 1.82) is 0 Å². The van der Waals surface area contributed by atoms with E-state index in [1.165, 1.54) is 32.1 Å². The fourth-order valence-corrected chi connectivity index (χ4v) is 12.0. The van der Waals surface area contributed by atoms with Gasteiger partial charge >= 0.3 is 20.1 Å². The normalized spacial score (nSPS) is 17.6. The third-order valence-electron chi connectivity index (χ3n) is 15.2. The van der Waals surface area contributed by atoms with Crippen molar-refractivity contribution >= 4 is 0 Å². The van der Waals surface area contributed by atoms with Crippen molar-refractivity contribution in [3.63, 3.8) is 0 Å². The van der Waals surface area contributed by atoms with Crippen molar-refractivity contribution < 1.29 is 20.1 Å². The maximum Gasteiger partial charge on any atom is 3.00 e. The van der Waals surface area contributed by atoms with Gasteiger partial charge in [-0.15, -0.1) is 107 Å². The third kappa shape index (κ3) is 8.36. The number of nitrogens with zero attached hydrogens (tertiary/aromatic N) is 3. The van der Waals surface area contributed by atoms with E-state index < -0.39 is 0 Å². The Morgan fingerprint density at radius 2 is 0.700 bits per heavy atom. The molecule has 336 valence electrons. The number of hydrogen-bond acceptors (Lipinski definition) is 3. The van der Waals surface area contributed by atoms with E-state index in [1.807, 2.05) is 48.8 Å². The summed E-state index contributed by atoms with van der Waals surface area (Å²) in [7, 11) is 0. The molecule has 0 N–H and O–H groups in total. The van der Waals surface area contributed by atoms with Crippen LogP contribution < -0.4 is 0 Å². The Morgan fingerprint density at radius 3 is 1.07 bits per heavy atom. The van der Waals surface area contributed by atoms with Gasteiger partial charge in [-0.1, -0.05) is 122 Å². The zero-order valence-electron chi connectivity index (χ0n) is 38.6. The first-order valence-corrected chi connectivity index (χ1v) is 24.5. The molecule has 14 rings (SSSR count). The maximum atomic E-state index is 5.17. The summed E-state index contributed by atoms with van der Waals surface area (Å²) in [6, 6.07) is 77.3. The van der Waals surface area contributed by atoms with Gasteiger partial charge in [0.25, 0.3) is 0 Å². The molecule has 70 heavy (non-hydrogen) atoms. The molecule has 4 heteroatoms. The van der Waals surface area contributed by atoms with E-state index in [4.69, 9.17) is 15.0 Å². The van der Waals surface area contributed by atoms with E-state index >= 15 is 0 Å². The van der Waals surface area contributed by atoms with Gasteiger partial charge < -0.3 is 15.0 Å². The summed E-state index contributed by atoms with van der Waals surface area (Å²) in [5.74, 6) is 3.18. The van der Waals surface area contributed by atoms with Crippen LogP contribution in [0.4, 0.5) is 0 Å². The van der Waals surface area contributed by atoms with Crippen LogP contribution in [0.5, 0.6) is 0 Å². The van der Waals surface area contributed by atoms with Crippen LogP contribution in [0, 0.1) is 30.0 Å². The van der Waals surface area contributed by atoms with Crippen molar-refractivity contribution in [2.24, 2.45) is 11.8 Å². The summed E-state index contributed by atoms with van der Waals surface area (Å²) in [4.78, 5) is 15.0. The maximum absolute atomic E-state index is 5.17. The summed E-state index contributed by atoms with van der Waals surface area (Å²) in [5, 5.41) is 0. The molecular formula is C66H48IrN3. The Bertz CT molecular complexity index is 3320. The largest absolute Gasteiger partial charge is 3.00 e. The van der Waals surface area contributed by atoms with E-state index in [2.05, 4.69) is 176 Å². The molecule has 3 heterocycles. The van der Waals surface area contributed by atoms with E-state index in [9.17, 15) is 0 Å². The minimum Gasteiger partial charge on any atom is -0.304 e. The average molecular weight is 1080 g/mol. The number of rotatable bonds is 9. The molecule has 4 aliphatic carbocycles. The standard InChI is InChI=1S/C66H48N3.Ir/c1-3-13-45(14-4-1)64-28-24-48(40-67-64)56-17-7-10-20-59(56)53-36-54(60-21-11-8-18-57(60)49-25-29-65(68-41-49)46-15-5-2-6-16-46)38-55(37-53)61-22-12-9-19-58(61)50-26-30-66(69-42-50)47-23-27-62-51-32-43-31-44(33-51)35-52(34-43)63(62)39-47;/h1-13,15,17-22,24-30,36-44,51-52H,31-35H2;/q-3;+3. The smallest absolute Gasteiger partial charge is 0.304 e. The second kappa shape index (κ2) is 18.9. The molecular weight excluding hydrogens is 1030 g/mol. The van der Waals surface area contributed by atoms with Crippen LogP contribution in [-0.4, -0.2) is 15.0 Å². The average Bonchev–Trinajstić information content (AvgIpc) is 3.60. The van der Waals surface area contributed by atoms with Crippen molar-refractivity contribution in [3.05, 3.63) is 236 Å². The van der Waals surface area contributed by atoms with E-state index in [1.54, 1.807) is 11.1 Å². The monoisotopic (exact) mass is 1080 g/mol. The van der Waals surface area contributed by atoms with Crippen molar-refractivity contribution in [2.45, 2.75) is 43.9 Å². The Balaban J connectivity index is 0.00000505. The molecule has 0 spiro atoms. The Kier molecular flexibility index (Phi) is 11.8. The molecule has 7 aromatic carbocycles. The molecule has 10 aromatic rings. The summed E-state index contributed by atoms with van der Waals surface area (Å²) >= 11 is 0. The van der Waals surface area contributed by atoms with Gasteiger partial charge in [-0.05, 0) is 145 Å². The summed E-state index contributed by atoms with van der Waals surface area (Å²) in [6.45, 7) is 0. The van der Waals surface area contributed by atoms with Gasteiger partial charge in [0, 0.05) is 18.6 Å². The zero-order valence-corrected chi connectivity index (χ0v) is 41.0. The molecule has 2 saturated carbocycles. The SMILES string of the molecule is [Ir+3].[c-]1ccccc1-c1ccc(-c2ccccc2-c2cc(-c3ccccc3-c3ccc(-c4[c-]cccc4)nc3)cc(-c3ccccc3-c3ccc(-c4[c-]cc5c(c4)C4CC6CC(CC5C6)C4)nc3)c2)cn1. The predicted octanol–water partition coefficient (Wildman–Crippen LogP) is 16.7. The molecule has 0 saturated heterocycles.